The first kappa shape index (κ1) is 24.5. The number of halogens is 1. The monoisotopic (exact) mass is 491 g/mol. The Morgan fingerprint density at radius 2 is 1.77 bits per heavy atom. The van der Waals surface area contributed by atoms with Gasteiger partial charge in [-0.3, -0.25) is 14.5 Å². The molecule has 8 heteroatoms. The summed E-state index contributed by atoms with van der Waals surface area (Å²) in [7, 11) is 1.60. The maximum absolute atomic E-state index is 13.4. The van der Waals surface area contributed by atoms with E-state index in [-0.39, 0.29) is 24.1 Å². The van der Waals surface area contributed by atoms with Crippen molar-refractivity contribution in [2.45, 2.75) is 24.6 Å². The molecule has 1 aliphatic rings. The first-order valence-electron chi connectivity index (χ1n) is 11.3. The van der Waals surface area contributed by atoms with Gasteiger partial charge in [-0.1, -0.05) is 54.2 Å². The maximum Gasteiger partial charge on any atom is 0.234 e. The molecule has 1 saturated heterocycles. The second-order valence-electron chi connectivity index (χ2n) is 8.04. The minimum absolute atomic E-state index is 0.0699. The quantitative estimate of drug-likeness (QED) is 0.495. The summed E-state index contributed by atoms with van der Waals surface area (Å²) in [4.78, 5) is 32.2. The van der Waals surface area contributed by atoms with E-state index in [1.807, 2.05) is 54.6 Å². The van der Waals surface area contributed by atoms with Crippen LogP contribution < -0.4 is 10.1 Å². The van der Waals surface area contributed by atoms with Gasteiger partial charge in [0.1, 0.15) is 11.6 Å². The Morgan fingerprint density at radius 1 is 1.06 bits per heavy atom. The third-order valence-electron chi connectivity index (χ3n) is 5.54. The lowest BCUT2D eigenvalue weighted by atomic mass is 10.1. The number of ether oxygens (including phenoxy) is 1. The first-order valence-corrected chi connectivity index (χ1v) is 12.2. The highest BCUT2D eigenvalue weighted by Gasteiger charge is 2.35. The number of nitrogens with one attached hydrogen (secondary N) is 1. The van der Waals surface area contributed by atoms with E-state index in [1.165, 1.54) is 23.9 Å². The van der Waals surface area contributed by atoms with Crippen LogP contribution in [-0.2, 0) is 22.6 Å². The van der Waals surface area contributed by atoms with Gasteiger partial charge in [0.2, 0.25) is 11.8 Å². The van der Waals surface area contributed by atoms with E-state index >= 15 is 0 Å². The molecule has 1 aliphatic heterocycles. The average molecular weight is 492 g/mol. The maximum atomic E-state index is 13.4. The van der Waals surface area contributed by atoms with Crippen LogP contribution in [0, 0.1) is 5.82 Å². The van der Waals surface area contributed by atoms with E-state index in [0.717, 1.165) is 16.9 Å². The minimum Gasteiger partial charge on any atom is -0.497 e. The van der Waals surface area contributed by atoms with E-state index in [2.05, 4.69) is 10.3 Å². The summed E-state index contributed by atoms with van der Waals surface area (Å²) >= 11 is 1.25. The summed E-state index contributed by atoms with van der Waals surface area (Å²) < 4.78 is 18.6. The summed E-state index contributed by atoms with van der Waals surface area (Å²) in [5.74, 6) is -0.0357. The van der Waals surface area contributed by atoms with Crippen molar-refractivity contribution in [2.75, 3.05) is 13.7 Å². The smallest absolute Gasteiger partial charge is 0.234 e. The fourth-order valence-corrected chi connectivity index (χ4v) is 4.75. The third kappa shape index (κ3) is 6.70. The van der Waals surface area contributed by atoms with Crippen molar-refractivity contribution in [3.05, 3.63) is 95.8 Å². The second-order valence-corrected chi connectivity index (χ2v) is 9.21. The SMILES string of the molecule is COc1ccc(CN2C(=O)C[C@H](C(=O)NCCc3ccccc3)SC2=Nc2ccc(F)cc2)cc1. The van der Waals surface area contributed by atoms with Gasteiger partial charge in [-0.05, 0) is 53.9 Å². The molecule has 0 aliphatic carbocycles. The molecule has 3 aromatic carbocycles. The Bertz CT molecular complexity index is 1180. The molecule has 0 bridgehead atoms. The highest BCUT2D eigenvalue weighted by Crippen LogP contribution is 2.30. The summed E-state index contributed by atoms with van der Waals surface area (Å²) in [6, 6.07) is 23.0. The minimum atomic E-state index is -0.593. The number of methoxy groups -OCH3 is 1. The Hall–Kier alpha value is -3.65. The van der Waals surface area contributed by atoms with Crippen molar-refractivity contribution >= 4 is 34.4 Å². The van der Waals surface area contributed by atoms with Gasteiger partial charge in [0.05, 0.1) is 24.6 Å². The number of benzene rings is 3. The van der Waals surface area contributed by atoms with Gasteiger partial charge in [-0.2, -0.15) is 0 Å². The second kappa shape index (κ2) is 11.7. The molecule has 0 radical (unpaired) electrons. The molecule has 0 spiro atoms. The van der Waals surface area contributed by atoms with Gasteiger partial charge >= 0.3 is 0 Å². The zero-order valence-electron chi connectivity index (χ0n) is 19.3. The number of rotatable bonds is 8. The Morgan fingerprint density at radius 3 is 2.46 bits per heavy atom. The van der Waals surface area contributed by atoms with Crippen molar-refractivity contribution in [2.24, 2.45) is 4.99 Å². The Balaban J connectivity index is 1.49. The predicted octanol–water partition coefficient (Wildman–Crippen LogP) is 4.72. The topological polar surface area (TPSA) is 71.0 Å². The van der Waals surface area contributed by atoms with Crippen LogP contribution in [0.15, 0.2) is 83.9 Å². The largest absolute Gasteiger partial charge is 0.497 e. The molecule has 1 N–H and O–H groups in total. The van der Waals surface area contributed by atoms with Gasteiger partial charge in [-0.15, -0.1) is 0 Å². The summed E-state index contributed by atoms with van der Waals surface area (Å²) in [6.07, 6.45) is 0.776. The Kier molecular flexibility index (Phi) is 8.15. The number of nitrogens with zero attached hydrogens (tertiary/aromatic N) is 2. The van der Waals surface area contributed by atoms with Crippen molar-refractivity contribution in [1.82, 2.24) is 10.2 Å². The number of hydrogen-bond acceptors (Lipinski definition) is 5. The van der Waals surface area contributed by atoms with Crippen molar-refractivity contribution in [3.8, 4) is 5.75 Å². The summed E-state index contributed by atoms with van der Waals surface area (Å²) in [5.41, 5.74) is 2.54. The van der Waals surface area contributed by atoms with E-state index in [9.17, 15) is 14.0 Å². The van der Waals surface area contributed by atoms with Gasteiger partial charge in [0.25, 0.3) is 0 Å². The van der Waals surface area contributed by atoms with Gasteiger partial charge < -0.3 is 10.1 Å². The molecule has 1 heterocycles. The zero-order valence-corrected chi connectivity index (χ0v) is 20.1. The van der Waals surface area contributed by atoms with Crippen molar-refractivity contribution < 1.29 is 18.7 Å². The van der Waals surface area contributed by atoms with Crippen molar-refractivity contribution in [1.29, 1.82) is 0 Å². The highest BCUT2D eigenvalue weighted by molar-refractivity contribution is 8.15. The van der Waals surface area contributed by atoms with Crippen LogP contribution in [-0.4, -0.2) is 40.8 Å². The molecular formula is C27H26FN3O3S. The number of thioether (sulfide) groups is 1. The highest BCUT2D eigenvalue weighted by atomic mass is 32.2. The summed E-state index contributed by atoms with van der Waals surface area (Å²) in [6.45, 7) is 0.784. The van der Waals surface area contributed by atoms with E-state index in [4.69, 9.17) is 4.74 Å². The average Bonchev–Trinajstić information content (AvgIpc) is 2.88. The molecule has 180 valence electrons. The number of carbonyl (C=O) groups is 2. The zero-order chi connectivity index (χ0) is 24.6. The molecule has 2 amide bonds. The van der Waals surface area contributed by atoms with Gasteiger partial charge in [-0.25, -0.2) is 9.38 Å². The lowest BCUT2D eigenvalue weighted by Crippen LogP contribution is -2.46. The van der Waals surface area contributed by atoms with Crippen LogP contribution in [0.25, 0.3) is 0 Å². The summed E-state index contributed by atoms with van der Waals surface area (Å²) in [5, 5.41) is 2.76. The Labute approximate surface area is 208 Å². The number of amidine groups is 1. The van der Waals surface area contributed by atoms with Crippen LogP contribution in [0.2, 0.25) is 0 Å². The normalized spacial score (nSPS) is 16.9. The standard InChI is InChI=1S/C27H26FN3O3S/c1-34-23-13-7-20(8-14-23)18-31-25(32)17-24(26(33)29-16-15-19-5-3-2-4-6-19)35-27(31)30-22-11-9-21(28)10-12-22/h2-14,24H,15-18H2,1H3,(H,29,33)/t24-/m1/s1. The number of amides is 2. The lowest BCUT2D eigenvalue weighted by Gasteiger charge is -2.32. The molecule has 35 heavy (non-hydrogen) atoms. The number of carbonyl (C=O) groups excluding carboxylic acids is 2. The number of aliphatic imine (C=N–C) groups is 1. The molecule has 1 atom stereocenters. The van der Waals surface area contributed by atoms with Crippen LogP contribution in [0.5, 0.6) is 5.75 Å². The number of hydrogen-bond donors (Lipinski definition) is 1. The van der Waals surface area contributed by atoms with Crippen LogP contribution in [0.1, 0.15) is 17.5 Å². The molecule has 6 nitrogen and oxygen atoms in total. The third-order valence-corrected chi connectivity index (χ3v) is 6.73. The predicted molar refractivity (Wildman–Crippen MR) is 136 cm³/mol. The van der Waals surface area contributed by atoms with Crippen LogP contribution in [0.4, 0.5) is 10.1 Å². The van der Waals surface area contributed by atoms with E-state index in [0.29, 0.717) is 30.4 Å². The van der Waals surface area contributed by atoms with Crippen LogP contribution in [0.3, 0.4) is 0 Å². The molecule has 1 fully saturated rings. The van der Waals surface area contributed by atoms with Gasteiger partial charge in [0.15, 0.2) is 5.17 Å². The van der Waals surface area contributed by atoms with Gasteiger partial charge in [0, 0.05) is 13.0 Å². The fraction of sp³-hybridized carbons (Fsp3) is 0.222. The molecule has 0 saturated carbocycles. The fourth-order valence-electron chi connectivity index (χ4n) is 3.62. The lowest BCUT2D eigenvalue weighted by molar-refractivity contribution is -0.130. The molecule has 0 aromatic heterocycles. The molecular weight excluding hydrogens is 465 g/mol. The van der Waals surface area contributed by atoms with Crippen LogP contribution >= 0.6 is 11.8 Å². The molecule has 3 aromatic rings. The molecule has 4 rings (SSSR count). The first-order chi connectivity index (χ1) is 17.0. The molecule has 0 unspecified atom stereocenters. The van der Waals surface area contributed by atoms with E-state index in [1.54, 1.807) is 24.1 Å². The van der Waals surface area contributed by atoms with Crippen molar-refractivity contribution in [3.63, 3.8) is 0 Å². The van der Waals surface area contributed by atoms with E-state index < -0.39 is 5.25 Å².